The molecular weight excluding hydrogens is 246 g/mol. The van der Waals surface area contributed by atoms with Gasteiger partial charge >= 0.3 is 0 Å². The monoisotopic (exact) mass is 261 g/mol. The summed E-state index contributed by atoms with van der Waals surface area (Å²) in [6.07, 6.45) is 0.863. The highest BCUT2D eigenvalue weighted by Gasteiger charge is 2.27. The van der Waals surface area contributed by atoms with Gasteiger partial charge in [-0.1, -0.05) is 6.07 Å². The molecule has 0 aliphatic carbocycles. The lowest BCUT2D eigenvalue weighted by Gasteiger charge is -2.30. The van der Waals surface area contributed by atoms with Crippen LogP contribution in [0.4, 0.5) is 0 Å². The molecule has 0 fully saturated rings. The molecule has 2 aromatic rings. The van der Waals surface area contributed by atoms with Gasteiger partial charge in [0, 0.05) is 29.7 Å². The van der Waals surface area contributed by atoms with E-state index in [1.165, 1.54) is 5.56 Å². The van der Waals surface area contributed by atoms with E-state index in [4.69, 9.17) is 15.2 Å². The summed E-state index contributed by atoms with van der Waals surface area (Å²) in [7, 11) is 1.65. The van der Waals surface area contributed by atoms with Crippen LogP contribution in [0.15, 0.2) is 35.0 Å². The zero-order valence-electron chi connectivity index (χ0n) is 10.1. The Labute approximate surface area is 110 Å². The van der Waals surface area contributed by atoms with Crippen LogP contribution < -0.4 is 15.2 Å². The molecule has 0 radical (unpaired) electrons. The van der Waals surface area contributed by atoms with E-state index in [1.807, 2.05) is 18.2 Å². The number of hydrogen-bond donors (Lipinski definition) is 1. The van der Waals surface area contributed by atoms with Gasteiger partial charge in [0.1, 0.15) is 17.6 Å². The van der Waals surface area contributed by atoms with Crippen molar-refractivity contribution < 1.29 is 9.47 Å². The van der Waals surface area contributed by atoms with E-state index >= 15 is 0 Å². The lowest BCUT2D eigenvalue weighted by molar-refractivity contribution is 0.161. The van der Waals surface area contributed by atoms with E-state index < -0.39 is 0 Å². The average Bonchev–Trinajstić information content (AvgIpc) is 2.91. The lowest BCUT2D eigenvalue weighted by Crippen LogP contribution is -2.23. The molecule has 0 bridgehead atoms. The average molecular weight is 261 g/mol. The van der Waals surface area contributed by atoms with Crippen LogP contribution in [0.3, 0.4) is 0 Å². The molecule has 0 amide bonds. The predicted octanol–water partition coefficient (Wildman–Crippen LogP) is 3.28. The maximum absolute atomic E-state index is 6.22. The molecule has 1 aromatic carbocycles. The maximum atomic E-state index is 6.22. The predicted molar refractivity (Wildman–Crippen MR) is 72.2 cm³/mol. The van der Waals surface area contributed by atoms with Crippen molar-refractivity contribution in [3.63, 3.8) is 0 Å². The van der Waals surface area contributed by atoms with Crippen LogP contribution in [0, 0.1) is 0 Å². The molecule has 4 heteroatoms. The fraction of sp³-hybridized carbons (Fsp3) is 0.286. The molecule has 1 aliphatic rings. The van der Waals surface area contributed by atoms with Crippen molar-refractivity contribution >= 4 is 11.3 Å². The molecular formula is C14H15NO2S. The Morgan fingerprint density at radius 1 is 1.39 bits per heavy atom. The van der Waals surface area contributed by atoms with Crippen LogP contribution in [0.25, 0.3) is 0 Å². The smallest absolute Gasteiger partial charge is 0.128 e. The van der Waals surface area contributed by atoms with Gasteiger partial charge in [-0.3, -0.25) is 0 Å². The molecule has 94 valence electrons. The van der Waals surface area contributed by atoms with E-state index in [2.05, 4.69) is 16.8 Å². The summed E-state index contributed by atoms with van der Waals surface area (Å²) < 4.78 is 11.3. The zero-order valence-corrected chi connectivity index (χ0v) is 10.9. The molecule has 2 N–H and O–H groups in total. The summed E-state index contributed by atoms with van der Waals surface area (Å²) in [6.45, 7) is 0. The second-order valence-corrected chi connectivity index (χ2v) is 5.19. The van der Waals surface area contributed by atoms with E-state index in [1.54, 1.807) is 18.4 Å². The van der Waals surface area contributed by atoms with Gasteiger partial charge in [-0.2, -0.15) is 11.3 Å². The van der Waals surface area contributed by atoms with Gasteiger partial charge in [0.15, 0.2) is 0 Å². The fourth-order valence-electron chi connectivity index (χ4n) is 2.27. The Morgan fingerprint density at radius 2 is 2.28 bits per heavy atom. The van der Waals surface area contributed by atoms with Crippen LogP contribution in [0.2, 0.25) is 0 Å². The Bertz CT molecular complexity index is 539. The minimum absolute atomic E-state index is 0.0181. The first-order chi connectivity index (χ1) is 8.78. The number of fused-ring (bicyclic) bond motifs is 1. The third kappa shape index (κ3) is 1.98. The van der Waals surface area contributed by atoms with Gasteiger partial charge in [-0.15, -0.1) is 0 Å². The molecule has 1 aromatic heterocycles. The summed E-state index contributed by atoms with van der Waals surface area (Å²) in [5, 5.41) is 4.17. The summed E-state index contributed by atoms with van der Waals surface area (Å²) in [6, 6.07) is 7.93. The number of hydrogen-bond acceptors (Lipinski definition) is 4. The van der Waals surface area contributed by atoms with Crippen molar-refractivity contribution in [2.45, 2.75) is 18.6 Å². The van der Waals surface area contributed by atoms with Crippen LogP contribution >= 0.6 is 11.3 Å². The first-order valence-electron chi connectivity index (χ1n) is 5.90. The van der Waals surface area contributed by atoms with Gasteiger partial charge in [-0.05, 0) is 22.9 Å². The lowest BCUT2D eigenvalue weighted by atomic mass is 9.95. The van der Waals surface area contributed by atoms with Crippen LogP contribution in [0.1, 0.15) is 29.7 Å². The van der Waals surface area contributed by atoms with Gasteiger partial charge in [0.2, 0.25) is 0 Å². The number of methoxy groups -OCH3 is 1. The molecule has 3 rings (SSSR count). The zero-order chi connectivity index (χ0) is 12.5. The SMILES string of the molecule is COc1ccc2c(c1)OC(c1ccsc1)C[C@@H]2N. The minimum atomic E-state index is 0.0181. The Hall–Kier alpha value is -1.52. The van der Waals surface area contributed by atoms with E-state index in [9.17, 15) is 0 Å². The third-order valence-corrected chi connectivity index (χ3v) is 3.97. The van der Waals surface area contributed by atoms with Gasteiger partial charge < -0.3 is 15.2 Å². The Balaban J connectivity index is 1.95. The van der Waals surface area contributed by atoms with Gasteiger partial charge in [0.05, 0.1) is 7.11 Å². The van der Waals surface area contributed by atoms with Gasteiger partial charge in [-0.25, -0.2) is 0 Å². The normalized spacial score (nSPS) is 22.1. The molecule has 1 unspecified atom stereocenters. The minimum Gasteiger partial charge on any atom is -0.497 e. The number of rotatable bonds is 2. The Kier molecular flexibility index (Phi) is 2.97. The van der Waals surface area contributed by atoms with Crippen molar-refractivity contribution in [1.29, 1.82) is 0 Å². The van der Waals surface area contributed by atoms with Crippen molar-refractivity contribution in [3.8, 4) is 11.5 Å². The molecule has 0 spiro atoms. The van der Waals surface area contributed by atoms with Crippen molar-refractivity contribution in [3.05, 3.63) is 46.2 Å². The number of nitrogens with two attached hydrogens (primary N) is 1. The van der Waals surface area contributed by atoms with Crippen LogP contribution in [0.5, 0.6) is 11.5 Å². The number of thiophene rings is 1. The summed E-state index contributed by atoms with van der Waals surface area (Å²) in [4.78, 5) is 0. The molecule has 2 heterocycles. The van der Waals surface area contributed by atoms with Crippen molar-refractivity contribution in [1.82, 2.24) is 0 Å². The highest BCUT2D eigenvalue weighted by atomic mass is 32.1. The molecule has 2 atom stereocenters. The summed E-state index contributed by atoms with van der Waals surface area (Å²) in [5.41, 5.74) is 8.47. The van der Waals surface area contributed by atoms with Crippen LogP contribution in [-0.2, 0) is 0 Å². The van der Waals surface area contributed by atoms with Gasteiger partial charge in [0.25, 0.3) is 0 Å². The first-order valence-corrected chi connectivity index (χ1v) is 6.84. The van der Waals surface area contributed by atoms with E-state index in [0.29, 0.717) is 0 Å². The number of benzene rings is 1. The fourth-order valence-corrected chi connectivity index (χ4v) is 2.97. The van der Waals surface area contributed by atoms with Crippen LogP contribution in [-0.4, -0.2) is 7.11 Å². The number of ether oxygens (including phenoxy) is 2. The standard InChI is InChI=1S/C14H15NO2S/c1-16-10-2-3-11-12(15)7-13(17-14(11)6-10)9-4-5-18-8-9/h2-6,8,12-13H,7,15H2,1H3/t12-,13?/m0/s1. The second-order valence-electron chi connectivity index (χ2n) is 4.41. The molecule has 3 nitrogen and oxygen atoms in total. The maximum Gasteiger partial charge on any atom is 0.128 e. The molecule has 0 saturated carbocycles. The van der Waals surface area contributed by atoms with Crippen molar-refractivity contribution in [2.24, 2.45) is 5.73 Å². The quantitative estimate of drug-likeness (QED) is 0.902. The molecule has 0 saturated heterocycles. The Morgan fingerprint density at radius 3 is 3.00 bits per heavy atom. The largest absolute Gasteiger partial charge is 0.497 e. The third-order valence-electron chi connectivity index (χ3n) is 3.27. The van der Waals surface area contributed by atoms with Crippen molar-refractivity contribution in [2.75, 3.05) is 7.11 Å². The highest BCUT2D eigenvalue weighted by Crippen LogP contribution is 2.41. The summed E-state index contributed by atoms with van der Waals surface area (Å²) in [5.74, 6) is 1.64. The first kappa shape index (κ1) is 11.6. The van der Waals surface area contributed by atoms with E-state index in [-0.39, 0.29) is 12.1 Å². The molecule has 18 heavy (non-hydrogen) atoms. The second kappa shape index (κ2) is 4.63. The topological polar surface area (TPSA) is 44.5 Å². The summed E-state index contributed by atoms with van der Waals surface area (Å²) >= 11 is 1.68. The molecule has 1 aliphatic heterocycles. The highest BCUT2D eigenvalue weighted by molar-refractivity contribution is 7.07. The van der Waals surface area contributed by atoms with E-state index in [0.717, 1.165) is 23.5 Å².